The maximum atomic E-state index is 13.8. The molecule has 3 aromatic rings. The topological polar surface area (TPSA) is 91.0 Å². The van der Waals surface area contributed by atoms with Crippen LogP contribution in [-0.4, -0.2) is 61.0 Å². The van der Waals surface area contributed by atoms with E-state index in [0.717, 1.165) is 5.69 Å². The first-order chi connectivity index (χ1) is 12.6. The van der Waals surface area contributed by atoms with E-state index in [1.54, 1.807) is 28.0 Å². The normalized spacial score (nSPS) is 14.3. The molecule has 0 radical (unpaired) electrons. The summed E-state index contributed by atoms with van der Waals surface area (Å²) in [7, 11) is 1.38. The number of amides is 1. The molecule has 2 aromatic heterocycles. The number of hydrogen-bond acceptors (Lipinski definition) is 6. The Balaban J connectivity index is 1.37. The standard InChI is InChI=1S/C16H16FN7O2/c1-26-15-3-2-11(6-14(15)17)16(25)22-9-13(10-22)23-7-12(20-21-23)8-24-18-4-5-19-24/h2-7,13H,8-10H2,1H3. The lowest BCUT2D eigenvalue weighted by Crippen LogP contribution is -2.50. The molecule has 0 aliphatic carbocycles. The van der Waals surface area contributed by atoms with Gasteiger partial charge in [-0.25, -0.2) is 9.07 Å². The summed E-state index contributed by atoms with van der Waals surface area (Å²) in [5.74, 6) is -0.655. The van der Waals surface area contributed by atoms with Crippen LogP contribution < -0.4 is 4.74 Å². The molecule has 1 saturated heterocycles. The van der Waals surface area contributed by atoms with Crippen molar-refractivity contribution in [2.45, 2.75) is 12.6 Å². The van der Waals surface area contributed by atoms with Gasteiger partial charge < -0.3 is 9.64 Å². The van der Waals surface area contributed by atoms with Crippen LogP contribution in [0.3, 0.4) is 0 Å². The minimum absolute atomic E-state index is 0.0499. The molecule has 3 heterocycles. The van der Waals surface area contributed by atoms with Crippen molar-refractivity contribution in [2.24, 2.45) is 0 Å². The first kappa shape index (κ1) is 16.2. The van der Waals surface area contributed by atoms with Crippen LogP contribution in [0.2, 0.25) is 0 Å². The van der Waals surface area contributed by atoms with E-state index in [0.29, 0.717) is 25.2 Å². The lowest BCUT2D eigenvalue weighted by Gasteiger charge is -2.38. The number of ether oxygens (including phenoxy) is 1. The second kappa shape index (κ2) is 6.54. The highest BCUT2D eigenvalue weighted by Gasteiger charge is 2.33. The number of carbonyl (C=O) groups is 1. The quantitative estimate of drug-likeness (QED) is 0.670. The van der Waals surface area contributed by atoms with Crippen LogP contribution in [0.5, 0.6) is 5.75 Å². The molecule has 0 atom stereocenters. The summed E-state index contributed by atoms with van der Waals surface area (Å²) >= 11 is 0. The molecule has 1 aromatic carbocycles. The van der Waals surface area contributed by atoms with Crippen molar-refractivity contribution >= 4 is 5.91 Å². The second-order valence-electron chi connectivity index (χ2n) is 5.96. The number of aromatic nitrogens is 6. The molecule has 0 spiro atoms. The van der Waals surface area contributed by atoms with Crippen LogP contribution >= 0.6 is 0 Å². The molecule has 4 rings (SSSR count). The third-order valence-electron chi connectivity index (χ3n) is 4.25. The largest absolute Gasteiger partial charge is 0.494 e. The fourth-order valence-electron chi connectivity index (χ4n) is 2.80. The smallest absolute Gasteiger partial charge is 0.254 e. The maximum Gasteiger partial charge on any atom is 0.254 e. The van der Waals surface area contributed by atoms with Crippen molar-refractivity contribution in [3.05, 3.63) is 53.9 Å². The maximum absolute atomic E-state index is 13.8. The Bertz CT molecular complexity index is 919. The van der Waals surface area contributed by atoms with Gasteiger partial charge in [0.1, 0.15) is 12.2 Å². The van der Waals surface area contributed by atoms with Gasteiger partial charge >= 0.3 is 0 Å². The molecule has 0 saturated carbocycles. The van der Waals surface area contributed by atoms with Gasteiger partial charge in [-0.3, -0.25) is 4.79 Å². The van der Waals surface area contributed by atoms with Crippen molar-refractivity contribution in [1.29, 1.82) is 0 Å². The number of rotatable bonds is 5. The van der Waals surface area contributed by atoms with Crippen molar-refractivity contribution < 1.29 is 13.9 Å². The molecule has 10 heteroatoms. The monoisotopic (exact) mass is 357 g/mol. The molecule has 1 fully saturated rings. The number of carbonyl (C=O) groups excluding carboxylic acids is 1. The summed E-state index contributed by atoms with van der Waals surface area (Å²) in [5, 5.41) is 16.3. The predicted molar refractivity (Wildman–Crippen MR) is 87.0 cm³/mol. The van der Waals surface area contributed by atoms with E-state index in [2.05, 4.69) is 20.5 Å². The summed E-state index contributed by atoms with van der Waals surface area (Å²) in [6, 6.07) is 4.25. The van der Waals surface area contributed by atoms with Gasteiger partial charge in [0.25, 0.3) is 5.91 Å². The van der Waals surface area contributed by atoms with Crippen LogP contribution in [-0.2, 0) is 6.54 Å². The minimum Gasteiger partial charge on any atom is -0.494 e. The summed E-state index contributed by atoms with van der Waals surface area (Å²) < 4.78 is 20.4. The summed E-state index contributed by atoms with van der Waals surface area (Å²) in [4.78, 5) is 15.6. The number of halogens is 1. The van der Waals surface area contributed by atoms with Crippen LogP contribution in [0.1, 0.15) is 22.1 Å². The predicted octanol–water partition coefficient (Wildman–Crippen LogP) is 0.763. The van der Waals surface area contributed by atoms with Gasteiger partial charge in [0.2, 0.25) is 0 Å². The zero-order chi connectivity index (χ0) is 18.1. The number of methoxy groups -OCH3 is 1. The Hall–Kier alpha value is -3.30. The number of benzene rings is 1. The fourth-order valence-corrected chi connectivity index (χ4v) is 2.80. The first-order valence-electron chi connectivity index (χ1n) is 8.01. The van der Waals surface area contributed by atoms with E-state index in [1.165, 1.54) is 24.0 Å². The molecule has 1 amide bonds. The highest BCUT2D eigenvalue weighted by atomic mass is 19.1. The third-order valence-corrected chi connectivity index (χ3v) is 4.25. The van der Waals surface area contributed by atoms with Crippen molar-refractivity contribution in [2.75, 3.05) is 20.2 Å². The molecule has 0 N–H and O–H groups in total. The SMILES string of the molecule is COc1ccc(C(=O)N2CC(n3cc(Cn4nccn4)nn3)C2)cc1F. The zero-order valence-electron chi connectivity index (χ0n) is 14.0. The summed E-state index contributed by atoms with van der Waals surface area (Å²) in [5.41, 5.74) is 1.04. The van der Waals surface area contributed by atoms with Crippen LogP contribution in [0, 0.1) is 5.82 Å². The average molecular weight is 357 g/mol. The van der Waals surface area contributed by atoms with Crippen LogP contribution in [0.15, 0.2) is 36.8 Å². The highest BCUT2D eigenvalue weighted by molar-refractivity contribution is 5.95. The second-order valence-corrected chi connectivity index (χ2v) is 5.96. The Kier molecular flexibility index (Phi) is 4.07. The lowest BCUT2D eigenvalue weighted by molar-refractivity contribution is 0.0498. The van der Waals surface area contributed by atoms with Crippen molar-refractivity contribution in [1.82, 2.24) is 34.9 Å². The Labute approximate surface area is 148 Å². The molecular formula is C16H16FN7O2. The number of likely N-dealkylation sites (tertiary alicyclic amines) is 1. The Morgan fingerprint density at radius 1 is 1.31 bits per heavy atom. The van der Waals surface area contributed by atoms with E-state index in [1.807, 2.05) is 6.20 Å². The molecule has 1 aliphatic heterocycles. The van der Waals surface area contributed by atoms with Gasteiger partial charge in [-0.15, -0.1) is 5.10 Å². The van der Waals surface area contributed by atoms with E-state index in [4.69, 9.17) is 4.74 Å². The van der Waals surface area contributed by atoms with E-state index in [9.17, 15) is 9.18 Å². The molecular weight excluding hydrogens is 341 g/mol. The number of nitrogens with zero attached hydrogens (tertiary/aromatic N) is 7. The lowest BCUT2D eigenvalue weighted by atomic mass is 10.1. The van der Waals surface area contributed by atoms with E-state index >= 15 is 0 Å². The fraction of sp³-hybridized carbons (Fsp3) is 0.312. The van der Waals surface area contributed by atoms with Crippen LogP contribution in [0.25, 0.3) is 0 Å². The molecule has 0 bridgehead atoms. The van der Waals surface area contributed by atoms with Gasteiger partial charge in [0.15, 0.2) is 11.6 Å². The molecule has 9 nitrogen and oxygen atoms in total. The van der Waals surface area contributed by atoms with E-state index < -0.39 is 5.82 Å². The molecule has 26 heavy (non-hydrogen) atoms. The highest BCUT2D eigenvalue weighted by Crippen LogP contribution is 2.24. The first-order valence-corrected chi connectivity index (χ1v) is 8.01. The van der Waals surface area contributed by atoms with Crippen molar-refractivity contribution in [3.8, 4) is 5.75 Å². The summed E-state index contributed by atoms with van der Waals surface area (Å²) in [6.45, 7) is 1.43. The van der Waals surface area contributed by atoms with Crippen LogP contribution in [0.4, 0.5) is 4.39 Å². The summed E-state index contributed by atoms with van der Waals surface area (Å²) in [6.07, 6.45) is 5.02. The average Bonchev–Trinajstić information content (AvgIpc) is 3.26. The molecule has 0 unspecified atom stereocenters. The van der Waals surface area contributed by atoms with Gasteiger partial charge in [0, 0.05) is 18.7 Å². The van der Waals surface area contributed by atoms with Gasteiger partial charge in [-0.1, -0.05) is 5.21 Å². The van der Waals surface area contributed by atoms with Gasteiger partial charge in [-0.2, -0.15) is 15.0 Å². The van der Waals surface area contributed by atoms with Gasteiger partial charge in [-0.05, 0) is 18.2 Å². The Morgan fingerprint density at radius 3 is 2.77 bits per heavy atom. The zero-order valence-corrected chi connectivity index (χ0v) is 14.0. The van der Waals surface area contributed by atoms with Gasteiger partial charge in [0.05, 0.1) is 31.7 Å². The molecule has 1 aliphatic rings. The minimum atomic E-state index is -0.552. The molecule has 134 valence electrons. The third kappa shape index (κ3) is 3.01. The van der Waals surface area contributed by atoms with E-state index in [-0.39, 0.29) is 17.7 Å². The number of hydrogen-bond donors (Lipinski definition) is 0. The van der Waals surface area contributed by atoms with Crippen molar-refractivity contribution in [3.63, 3.8) is 0 Å². The Morgan fingerprint density at radius 2 is 2.08 bits per heavy atom.